The maximum atomic E-state index is 15.4. The second-order valence-corrected chi connectivity index (χ2v) is 27.5. The molecule has 514 valence electrons. The van der Waals surface area contributed by atoms with Crippen LogP contribution in [-0.4, -0.2) is 105 Å². The van der Waals surface area contributed by atoms with Crippen LogP contribution in [0.1, 0.15) is 76.3 Å². The number of carbonyl (C=O) groups is 2. The van der Waals surface area contributed by atoms with Gasteiger partial charge in [-0.2, -0.15) is 0 Å². The summed E-state index contributed by atoms with van der Waals surface area (Å²) in [6, 6.07) is 83.3. The van der Waals surface area contributed by atoms with E-state index in [1.165, 1.54) is 24.3 Å². The fourth-order valence-corrected chi connectivity index (χ4v) is 14.5. The summed E-state index contributed by atoms with van der Waals surface area (Å²) in [4.78, 5) is 26.9. The van der Waals surface area contributed by atoms with Crippen LogP contribution >= 0.6 is 0 Å². The molecule has 0 radical (unpaired) electrons. The van der Waals surface area contributed by atoms with Gasteiger partial charge in [-0.3, -0.25) is 9.59 Å². The molecule has 0 spiro atoms. The van der Waals surface area contributed by atoms with Crippen molar-refractivity contribution in [3.05, 3.63) is 311 Å². The lowest BCUT2D eigenvalue weighted by molar-refractivity contribution is -0.362. The molecule has 11 atom stereocenters. The molecule has 0 aromatic heterocycles. The highest BCUT2D eigenvalue weighted by atomic mass is 32.2. The summed E-state index contributed by atoms with van der Waals surface area (Å²) >= 11 is 0. The molecule has 10 unspecified atom stereocenters. The first kappa shape index (κ1) is 70.5. The van der Waals surface area contributed by atoms with Crippen molar-refractivity contribution in [2.75, 3.05) is 24.3 Å². The SMILES string of the molecule is O=C1CCC(C(=O)Nc2ccccc2)([C@@H](O)c2ccc(S(=O)(=O)CC3OC(COCc4ccccc4)C(OC4OC(COCc5ccccc5)C(OCc5ccccc5)C(OCc5ccccc5)C4OCc4ccccc4)C(OCc4ccccc4)C3OCc3ccccc3)cc2)CC1. The van der Waals surface area contributed by atoms with E-state index in [9.17, 15) is 14.7 Å². The van der Waals surface area contributed by atoms with Crippen molar-refractivity contribution in [1.29, 1.82) is 0 Å². The zero-order valence-corrected chi connectivity index (χ0v) is 56.0. The first-order valence-electron chi connectivity index (χ1n) is 33.9. The summed E-state index contributed by atoms with van der Waals surface area (Å²) in [5.74, 6) is -1.03. The fourth-order valence-electron chi connectivity index (χ4n) is 13.1. The number of hydrogen-bond acceptors (Lipinski definition) is 15. The van der Waals surface area contributed by atoms with Gasteiger partial charge in [0.05, 0.1) is 81.6 Å². The maximum absolute atomic E-state index is 15.4. The van der Waals surface area contributed by atoms with Crippen LogP contribution < -0.4 is 5.32 Å². The predicted molar refractivity (Wildman–Crippen MR) is 374 cm³/mol. The Hall–Kier alpha value is -8.37. The third-order valence-electron chi connectivity index (χ3n) is 18.5. The number of ether oxygens (including phenoxy) is 10. The molecular weight excluding hydrogens is 1270 g/mol. The van der Waals surface area contributed by atoms with Crippen LogP contribution in [0, 0.1) is 5.41 Å². The van der Waals surface area contributed by atoms with Gasteiger partial charge >= 0.3 is 0 Å². The quantitative estimate of drug-likeness (QED) is 0.0404. The van der Waals surface area contributed by atoms with Crippen LogP contribution in [0.5, 0.6) is 0 Å². The molecule has 1 aliphatic carbocycles. The summed E-state index contributed by atoms with van der Waals surface area (Å²) in [6.45, 7) is 0.915. The number of rotatable bonds is 32. The number of hydrogen-bond donors (Lipinski definition) is 2. The van der Waals surface area contributed by atoms with Crippen molar-refractivity contribution in [2.24, 2.45) is 5.41 Å². The van der Waals surface area contributed by atoms with Gasteiger partial charge in [0.2, 0.25) is 5.91 Å². The number of para-hydroxylation sites is 1. The van der Waals surface area contributed by atoms with Crippen molar-refractivity contribution in [3.8, 4) is 0 Å². The smallest absolute Gasteiger partial charge is 0.233 e. The van der Waals surface area contributed by atoms with E-state index in [2.05, 4.69) is 5.32 Å². The molecule has 17 heteroatoms. The van der Waals surface area contributed by atoms with E-state index in [1.54, 1.807) is 24.3 Å². The highest BCUT2D eigenvalue weighted by Gasteiger charge is 2.55. The largest absolute Gasteiger partial charge is 0.387 e. The molecule has 2 N–H and O–H groups in total. The van der Waals surface area contributed by atoms with E-state index < -0.39 is 94.2 Å². The average molecular weight is 1360 g/mol. The number of sulfone groups is 1. The van der Waals surface area contributed by atoms with Gasteiger partial charge in [0.15, 0.2) is 16.1 Å². The Balaban J connectivity index is 0.930. The molecule has 2 heterocycles. The van der Waals surface area contributed by atoms with Crippen molar-refractivity contribution in [2.45, 2.75) is 144 Å². The third-order valence-corrected chi connectivity index (χ3v) is 20.2. The van der Waals surface area contributed by atoms with E-state index in [1.807, 2.05) is 218 Å². The van der Waals surface area contributed by atoms with Crippen LogP contribution in [0.15, 0.2) is 272 Å². The van der Waals surface area contributed by atoms with E-state index in [-0.39, 0.29) is 95.8 Å². The zero-order valence-electron chi connectivity index (χ0n) is 55.2. The minimum Gasteiger partial charge on any atom is -0.387 e. The molecule has 1 saturated carbocycles. The van der Waals surface area contributed by atoms with Crippen LogP contribution in [-0.2, 0) is 113 Å². The highest BCUT2D eigenvalue weighted by molar-refractivity contribution is 7.91. The summed E-state index contributed by atoms with van der Waals surface area (Å²) < 4.78 is 102. The minimum absolute atomic E-state index is 0.00257. The van der Waals surface area contributed by atoms with Gasteiger partial charge in [-0.05, 0) is 81.6 Å². The van der Waals surface area contributed by atoms with Crippen molar-refractivity contribution in [1.82, 2.24) is 0 Å². The highest BCUT2D eigenvalue weighted by Crippen LogP contribution is 2.47. The van der Waals surface area contributed by atoms with Gasteiger partial charge in [0.25, 0.3) is 0 Å². The molecule has 0 bridgehead atoms. The van der Waals surface area contributed by atoms with Crippen molar-refractivity contribution < 1.29 is 70.5 Å². The number of nitrogens with one attached hydrogen (secondary N) is 1. The van der Waals surface area contributed by atoms with Gasteiger partial charge < -0.3 is 57.8 Å². The Morgan fingerprint density at radius 2 is 0.768 bits per heavy atom. The summed E-state index contributed by atoms with van der Waals surface area (Å²) in [5, 5.41) is 15.2. The third kappa shape index (κ3) is 19.1. The first-order valence-corrected chi connectivity index (χ1v) is 35.6. The molecule has 3 fully saturated rings. The van der Waals surface area contributed by atoms with E-state index in [0.717, 1.165) is 38.9 Å². The Morgan fingerprint density at radius 1 is 0.424 bits per heavy atom. The Kier molecular flexibility index (Phi) is 25.0. The summed E-state index contributed by atoms with van der Waals surface area (Å²) in [6.07, 6.45) is -11.6. The average Bonchev–Trinajstić information content (AvgIpc) is 0.769. The van der Waals surface area contributed by atoms with Crippen molar-refractivity contribution >= 4 is 27.2 Å². The van der Waals surface area contributed by atoms with Crippen LogP contribution in [0.2, 0.25) is 0 Å². The lowest BCUT2D eigenvalue weighted by atomic mass is 9.67. The molecule has 9 aromatic carbocycles. The monoisotopic (exact) mass is 1360 g/mol. The first-order chi connectivity index (χ1) is 48.5. The number of amides is 1. The predicted octanol–water partition coefficient (Wildman–Crippen LogP) is 13.5. The van der Waals surface area contributed by atoms with Gasteiger partial charge in [-0.1, -0.05) is 243 Å². The number of ketones is 1. The Bertz CT molecular complexity index is 3990. The number of aliphatic hydroxyl groups is 1. The summed E-state index contributed by atoms with van der Waals surface area (Å²) in [7, 11) is -4.33. The molecular formula is C82H85NO15S. The van der Waals surface area contributed by atoms with Gasteiger partial charge in [-0.25, -0.2) is 8.42 Å². The number of Topliss-reactive ketones (excluding diaryl/α,β-unsaturated/α-hetero) is 1. The lowest BCUT2D eigenvalue weighted by Gasteiger charge is -2.50. The standard InChI is InChI=1S/C82H85NO15S/c84-68-45-47-82(48-46-68,81(86)83-67-39-23-8-24-40-67)79(85)66-41-43-69(44-42-66)99(87,88)58-72-74(92-52-62-31-15-4-16-32-62)76(93-53-63-33-17-5-18-34-63)75(71(96-72)57-90-50-60-27-11-2-12-28-60)98-80-78(95-55-65-37-21-7-22-38-65)77(94-54-64-35-19-6-20-36-64)73(91-51-61-29-13-3-14-30-61)70(97-80)56-89-49-59-25-9-1-10-26-59/h1-44,70-80,85H,45-58H2,(H,83,86)/t70?,71?,72?,73?,74?,75?,76?,77?,78?,79-,80?/m0/s1. The van der Waals surface area contributed by atoms with Crippen LogP contribution in [0.25, 0.3) is 0 Å². The number of anilines is 1. The molecule has 12 rings (SSSR count). The number of carbonyl (C=O) groups excluding carboxylic acids is 2. The topological polar surface area (TPSA) is 193 Å². The second kappa shape index (κ2) is 35.1. The molecule has 2 saturated heterocycles. The second-order valence-electron chi connectivity index (χ2n) is 25.4. The van der Waals surface area contributed by atoms with Gasteiger partial charge in [0, 0.05) is 18.5 Å². The van der Waals surface area contributed by atoms with Gasteiger partial charge in [-0.15, -0.1) is 0 Å². The summed E-state index contributed by atoms with van der Waals surface area (Å²) in [5.41, 5.74) is 5.69. The fraction of sp³-hybridized carbons (Fsp3) is 0.317. The van der Waals surface area contributed by atoms with Gasteiger partial charge in [0.1, 0.15) is 60.7 Å². The number of aliphatic hydroxyl groups excluding tert-OH is 1. The molecule has 1 amide bonds. The van der Waals surface area contributed by atoms with E-state index >= 15 is 8.42 Å². The zero-order chi connectivity index (χ0) is 68.1. The molecule has 16 nitrogen and oxygen atoms in total. The van der Waals surface area contributed by atoms with Crippen molar-refractivity contribution in [3.63, 3.8) is 0 Å². The molecule has 9 aromatic rings. The number of benzene rings is 9. The maximum Gasteiger partial charge on any atom is 0.233 e. The minimum atomic E-state index is -4.33. The lowest BCUT2D eigenvalue weighted by Crippen LogP contribution is -2.66. The van der Waals surface area contributed by atoms with Crippen LogP contribution in [0.4, 0.5) is 5.69 Å². The molecule has 99 heavy (non-hydrogen) atoms. The Morgan fingerprint density at radius 3 is 1.18 bits per heavy atom. The Labute approximate surface area is 580 Å². The van der Waals surface area contributed by atoms with Crippen LogP contribution in [0.3, 0.4) is 0 Å². The normalized spacial score (nSPS) is 22.7. The van der Waals surface area contributed by atoms with E-state index in [4.69, 9.17) is 47.4 Å². The molecule has 2 aliphatic heterocycles. The molecule has 3 aliphatic rings. The van der Waals surface area contributed by atoms with E-state index in [0.29, 0.717) is 11.3 Å².